The first-order valence-electron chi connectivity index (χ1n) is 6.82. The largest absolute Gasteiger partial charge is 0.381 e. The van der Waals surface area contributed by atoms with E-state index in [1.807, 2.05) is 28.2 Å². The summed E-state index contributed by atoms with van der Waals surface area (Å²) in [4.78, 5) is 13.0. The van der Waals surface area contributed by atoms with Gasteiger partial charge in [0.05, 0.1) is 25.4 Å². The Bertz CT molecular complexity index is 572. The summed E-state index contributed by atoms with van der Waals surface area (Å²) in [6.45, 7) is 3.44. The molecule has 0 saturated carbocycles. The second-order valence-corrected chi connectivity index (χ2v) is 5.80. The molecule has 2 aromatic rings. The van der Waals surface area contributed by atoms with Crippen LogP contribution in [-0.2, 0) is 9.47 Å². The number of aromatic nitrogens is 1. The van der Waals surface area contributed by atoms with Gasteiger partial charge in [-0.15, -0.1) is 11.3 Å². The minimum Gasteiger partial charge on any atom is -0.381 e. The number of thiazole rings is 1. The highest BCUT2D eigenvalue weighted by molar-refractivity contribution is 7.16. The number of rotatable bonds is 6. The van der Waals surface area contributed by atoms with Crippen LogP contribution in [0.4, 0.5) is 0 Å². The van der Waals surface area contributed by atoms with Gasteiger partial charge in [0, 0.05) is 36.8 Å². The molecule has 1 saturated heterocycles. The SMILES string of the molecule is O=C(NCCOCC1CCOC1)c1ccn2ccsc12. The third kappa shape index (κ3) is 3.03. The number of hydrogen-bond acceptors (Lipinski definition) is 4. The number of carbonyl (C=O) groups is 1. The van der Waals surface area contributed by atoms with Gasteiger partial charge in [-0.2, -0.15) is 0 Å². The average Bonchev–Trinajstić information content (AvgIpc) is 3.15. The first-order chi connectivity index (χ1) is 9.84. The molecule has 1 atom stereocenters. The Labute approximate surface area is 121 Å². The Hall–Kier alpha value is -1.37. The first-order valence-corrected chi connectivity index (χ1v) is 7.70. The van der Waals surface area contributed by atoms with Crippen molar-refractivity contribution in [2.24, 2.45) is 5.92 Å². The van der Waals surface area contributed by atoms with E-state index in [-0.39, 0.29) is 5.91 Å². The molecule has 3 heterocycles. The lowest BCUT2D eigenvalue weighted by Gasteiger charge is -2.09. The number of hydrogen-bond donors (Lipinski definition) is 1. The van der Waals surface area contributed by atoms with Crippen molar-refractivity contribution >= 4 is 22.1 Å². The molecule has 1 aliphatic rings. The topological polar surface area (TPSA) is 52.0 Å². The summed E-state index contributed by atoms with van der Waals surface area (Å²) in [5, 5.41) is 4.86. The van der Waals surface area contributed by atoms with Crippen LogP contribution in [0.15, 0.2) is 23.8 Å². The number of ether oxygens (including phenoxy) is 2. The van der Waals surface area contributed by atoms with E-state index in [4.69, 9.17) is 9.47 Å². The van der Waals surface area contributed by atoms with E-state index in [1.165, 1.54) is 0 Å². The number of fused-ring (bicyclic) bond motifs is 1. The van der Waals surface area contributed by atoms with E-state index in [1.54, 1.807) is 11.3 Å². The molecule has 1 unspecified atom stereocenters. The molecular weight excluding hydrogens is 276 g/mol. The molecule has 0 radical (unpaired) electrons. The van der Waals surface area contributed by atoms with Crippen molar-refractivity contribution in [3.05, 3.63) is 29.4 Å². The Morgan fingerprint density at radius 2 is 2.50 bits per heavy atom. The quantitative estimate of drug-likeness (QED) is 0.826. The predicted molar refractivity (Wildman–Crippen MR) is 77.4 cm³/mol. The molecule has 6 heteroatoms. The van der Waals surface area contributed by atoms with Crippen LogP contribution in [0, 0.1) is 5.92 Å². The van der Waals surface area contributed by atoms with E-state index < -0.39 is 0 Å². The van der Waals surface area contributed by atoms with Crippen molar-refractivity contribution in [1.29, 1.82) is 0 Å². The zero-order chi connectivity index (χ0) is 13.8. The summed E-state index contributed by atoms with van der Waals surface area (Å²) in [6.07, 6.45) is 4.92. The zero-order valence-electron chi connectivity index (χ0n) is 11.2. The fourth-order valence-electron chi connectivity index (χ4n) is 2.30. The fraction of sp³-hybridized carbons (Fsp3) is 0.500. The third-order valence-corrected chi connectivity index (χ3v) is 4.33. The second-order valence-electron chi connectivity index (χ2n) is 4.91. The van der Waals surface area contributed by atoms with Gasteiger partial charge < -0.3 is 19.2 Å². The Morgan fingerprint density at radius 1 is 1.55 bits per heavy atom. The van der Waals surface area contributed by atoms with Crippen molar-refractivity contribution in [3.8, 4) is 0 Å². The molecule has 5 nitrogen and oxygen atoms in total. The zero-order valence-corrected chi connectivity index (χ0v) is 12.0. The lowest BCUT2D eigenvalue weighted by Crippen LogP contribution is -2.27. The van der Waals surface area contributed by atoms with E-state index in [9.17, 15) is 4.79 Å². The molecule has 3 rings (SSSR count). The number of amides is 1. The Morgan fingerprint density at radius 3 is 3.35 bits per heavy atom. The Kier molecular flexibility index (Phi) is 4.34. The first kappa shape index (κ1) is 13.6. The minimum atomic E-state index is -0.0391. The highest BCUT2D eigenvalue weighted by Gasteiger charge is 2.15. The van der Waals surface area contributed by atoms with E-state index >= 15 is 0 Å². The van der Waals surface area contributed by atoms with Gasteiger partial charge in [0.2, 0.25) is 0 Å². The van der Waals surface area contributed by atoms with Crippen molar-refractivity contribution in [2.45, 2.75) is 6.42 Å². The number of carbonyl (C=O) groups excluding carboxylic acids is 1. The van der Waals surface area contributed by atoms with Gasteiger partial charge in [0.25, 0.3) is 5.91 Å². The normalized spacial score (nSPS) is 18.7. The lowest BCUT2D eigenvalue weighted by molar-refractivity contribution is 0.0824. The Balaban J connectivity index is 1.40. The van der Waals surface area contributed by atoms with Crippen molar-refractivity contribution in [2.75, 3.05) is 33.0 Å². The molecule has 0 aliphatic carbocycles. The third-order valence-electron chi connectivity index (χ3n) is 3.42. The number of nitrogens with one attached hydrogen (secondary N) is 1. The van der Waals surface area contributed by atoms with Crippen LogP contribution < -0.4 is 5.32 Å². The summed E-state index contributed by atoms with van der Waals surface area (Å²) in [5.41, 5.74) is 0.726. The highest BCUT2D eigenvalue weighted by Crippen LogP contribution is 2.18. The van der Waals surface area contributed by atoms with Crippen LogP contribution in [0.25, 0.3) is 4.83 Å². The lowest BCUT2D eigenvalue weighted by atomic mass is 10.1. The molecule has 0 spiro atoms. The monoisotopic (exact) mass is 294 g/mol. The van der Waals surface area contributed by atoms with Crippen molar-refractivity contribution < 1.29 is 14.3 Å². The van der Waals surface area contributed by atoms with Gasteiger partial charge in [-0.25, -0.2) is 0 Å². The summed E-state index contributed by atoms with van der Waals surface area (Å²) >= 11 is 1.57. The van der Waals surface area contributed by atoms with Gasteiger partial charge in [-0.1, -0.05) is 0 Å². The molecule has 108 valence electrons. The molecule has 2 aromatic heterocycles. The maximum atomic E-state index is 12.0. The van der Waals surface area contributed by atoms with E-state index in [0.717, 1.165) is 36.6 Å². The van der Waals surface area contributed by atoms with E-state index in [0.29, 0.717) is 19.1 Å². The molecule has 0 bridgehead atoms. The standard InChI is InChI=1S/C14H18N2O3S/c17-13(12-1-4-16-5-8-20-14(12)16)15-3-7-19-10-11-2-6-18-9-11/h1,4-5,8,11H,2-3,6-7,9-10H2,(H,15,17). The van der Waals surface area contributed by atoms with Crippen LogP contribution in [0.5, 0.6) is 0 Å². The molecule has 1 amide bonds. The van der Waals surface area contributed by atoms with Gasteiger partial charge in [-0.05, 0) is 12.5 Å². The second kappa shape index (κ2) is 6.39. The van der Waals surface area contributed by atoms with Crippen LogP contribution in [0.1, 0.15) is 16.8 Å². The van der Waals surface area contributed by atoms with Crippen molar-refractivity contribution in [1.82, 2.24) is 9.72 Å². The molecule has 1 N–H and O–H groups in total. The fourth-order valence-corrected chi connectivity index (χ4v) is 3.16. The maximum absolute atomic E-state index is 12.0. The summed E-state index contributed by atoms with van der Waals surface area (Å²) in [5.74, 6) is 0.477. The summed E-state index contributed by atoms with van der Waals surface area (Å²) in [6, 6.07) is 1.85. The smallest absolute Gasteiger partial charge is 0.254 e. The van der Waals surface area contributed by atoms with Crippen LogP contribution >= 0.6 is 11.3 Å². The van der Waals surface area contributed by atoms with Crippen LogP contribution in [0.2, 0.25) is 0 Å². The average molecular weight is 294 g/mol. The van der Waals surface area contributed by atoms with Gasteiger partial charge in [0.1, 0.15) is 4.83 Å². The summed E-state index contributed by atoms with van der Waals surface area (Å²) in [7, 11) is 0. The van der Waals surface area contributed by atoms with Crippen LogP contribution in [-0.4, -0.2) is 43.3 Å². The van der Waals surface area contributed by atoms with Crippen LogP contribution in [0.3, 0.4) is 0 Å². The highest BCUT2D eigenvalue weighted by atomic mass is 32.1. The molecule has 1 fully saturated rings. The van der Waals surface area contributed by atoms with E-state index in [2.05, 4.69) is 5.32 Å². The maximum Gasteiger partial charge on any atom is 0.254 e. The van der Waals surface area contributed by atoms with Gasteiger partial charge in [-0.3, -0.25) is 4.79 Å². The van der Waals surface area contributed by atoms with Gasteiger partial charge >= 0.3 is 0 Å². The van der Waals surface area contributed by atoms with Gasteiger partial charge in [0.15, 0.2) is 0 Å². The number of nitrogens with zero attached hydrogens (tertiary/aromatic N) is 1. The minimum absolute atomic E-state index is 0.0391. The molecule has 0 aromatic carbocycles. The summed E-state index contributed by atoms with van der Waals surface area (Å²) < 4.78 is 12.8. The molecule has 20 heavy (non-hydrogen) atoms. The van der Waals surface area contributed by atoms with Crippen molar-refractivity contribution in [3.63, 3.8) is 0 Å². The molecular formula is C14H18N2O3S. The predicted octanol–water partition coefficient (Wildman–Crippen LogP) is 1.78. The molecule has 1 aliphatic heterocycles.